The summed E-state index contributed by atoms with van der Waals surface area (Å²) in [5, 5.41) is 3.70. The van der Waals surface area contributed by atoms with E-state index in [0.717, 1.165) is 25.4 Å². The second-order valence-electron chi connectivity index (χ2n) is 6.63. The maximum atomic E-state index is 6.12. The van der Waals surface area contributed by atoms with Crippen LogP contribution >= 0.6 is 0 Å². The highest BCUT2D eigenvalue weighted by molar-refractivity contribution is 6.74. The van der Waals surface area contributed by atoms with Crippen LogP contribution in [0.5, 0.6) is 5.75 Å². The van der Waals surface area contributed by atoms with Crippen molar-refractivity contribution in [2.75, 3.05) is 20.3 Å². The zero-order valence-corrected chi connectivity index (χ0v) is 14.7. The normalized spacial score (nSPS) is 12.5. The van der Waals surface area contributed by atoms with Crippen molar-refractivity contribution in [1.29, 1.82) is 0 Å². The van der Waals surface area contributed by atoms with Gasteiger partial charge in [-0.15, -0.1) is 0 Å². The Morgan fingerprint density at radius 3 is 2.20 bits per heavy atom. The first kappa shape index (κ1) is 17.2. The van der Waals surface area contributed by atoms with E-state index in [9.17, 15) is 0 Å². The van der Waals surface area contributed by atoms with E-state index < -0.39 is 8.32 Å². The van der Waals surface area contributed by atoms with Crippen molar-refractivity contribution in [3.8, 4) is 5.75 Å². The van der Waals surface area contributed by atoms with Gasteiger partial charge in [0.15, 0.2) is 8.32 Å². The predicted octanol–water partition coefficient (Wildman–Crippen LogP) is 3.81. The molecule has 0 fully saturated rings. The zero-order chi connectivity index (χ0) is 15.2. The molecule has 4 heteroatoms. The Balaban J connectivity index is 2.25. The molecular weight excluding hydrogens is 266 g/mol. The Labute approximate surface area is 124 Å². The van der Waals surface area contributed by atoms with Crippen LogP contribution in [-0.4, -0.2) is 28.6 Å². The van der Waals surface area contributed by atoms with E-state index in [-0.39, 0.29) is 5.04 Å². The van der Waals surface area contributed by atoms with Gasteiger partial charge in [-0.1, -0.05) is 32.9 Å². The summed E-state index contributed by atoms with van der Waals surface area (Å²) in [6.07, 6.45) is 0. The molecular formula is C16H29NO2Si. The molecule has 114 valence electrons. The molecule has 0 aliphatic carbocycles. The van der Waals surface area contributed by atoms with Gasteiger partial charge in [-0.05, 0) is 35.8 Å². The predicted molar refractivity (Wildman–Crippen MR) is 87.8 cm³/mol. The zero-order valence-electron chi connectivity index (χ0n) is 13.7. The Kier molecular flexibility index (Phi) is 6.24. The number of hydrogen-bond donors (Lipinski definition) is 1. The lowest BCUT2D eigenvalue weighted by atomic mass is 10.2. The maximum absolute atomic E-state index is 6.12. The van der Waals surface area contributed by atoms with Crippen LogP contribution < -0.4 is 10.1 Å². The largest absolute Gasteiger partial charge is 0.497 e. The molecule has 0 aliphatic heterocycles. The summed E-state index contributed by atoms with van der Waals surface area (Å²) in [5.74, 6) is 0.898. The Hall–Kier alpha value is -0.843. The molecule has 0 spiro atoms. The van der Waals surface area contributed by atoms with Gasteiger partial charge in [0.2, 0.25) is 0 Å². The second kappa shape index (κ2) is 7.25. The van der Waals surface area contributed by atoms with E-state index in [0.29, 0.717) is 0 Å². The van der Waals surface area contributed by atoms with Crippen LogP contribution in [0.25, 0.3) is 0 Å². The topological polar surface area (TPSA) is 30.5 Å². The molecule has 0 saturated heterocycles. The lowest BCUT2D eigenvalue weighted by molar-refractivity contribution is 0.285. The third-order valence-corrected chi connectivity index (χ3v) is 8.57. The van der Waals surface area contributed by atoms with E-state index in [2.05, 4.69) is 51.3 Å². The van der Waals surface area contributed by atoms with Gasteiger partial charge >= 0.3 is 0 Å². The lowest BCUT2D eigenvalue weighted by Crippen LogP contribution is -2.42. The first-order valence-corrected chi connectivity index (χ1v) is 10.1. The van der Waals surface area contributed by atoms with Crippen LogP contribution in [0.2, 0.25) is 18.1 Å². The van der Waals surface area contributed by atoms with Crippen molar-refractivity contribution in [3.63, 3.8) is 0 Å². The molecule has 0 heterocycles. The molecule has 0 bridgehead atoms. The van der Waals surface area contributed by atoms with Gasteiger partial charge in [0.25, 0.3) is 0 Å². The quantitative estimate of drug-likeness (QED) is 0.613. The van der Waals surface area contributed by atoms with Crippen LogP contribution in [0, 0.1) is 0 Å². The number of rotatable bonds is 7. The van der Waals surface area contributed by atoms with Gasteiger partial charge in [0, 0.05) is 19.7 Å². The SMILES string of the molecule is COc1ccc(CNCCO[Si](C)(C)C(C)(C)C)cc1. The molecule has 1 rings (SSSR count). The minimum absolute atomic E-state index is 0.281. The van der Waals surface area contributed by atoms with Crippen LogP contribution in [0.1, 0.15) is 26.3 Å². The highest BCUT2D eigenvalue weighted by atomic mass is 28.4. The number of hydrogen-bond acceptors (Lipinski definition) is 3. The van der Waals surface area contributed by atoms with E-state index in [1.807, 2.05) is 12.1 Å². The summed E-state index contributed by atoms with van der Waals surface area (Å²) in [6, 6.07) is 8.15. The lowest BCUT2D eigenvalue weighted by Gasteiger charge is -2.36. The van der Waals surface area contributed by atoms with Crippen molar-refractivity contribution in [2.24, 2.45) is 0 Å². The van der Waals surface area contributed by atoms with E-state index in [1.165, 1.54) is 5.56 Å². The summed E-state index contributed by atoms with van der Waals surface area (Å²) in [5.41, 5.74) is 1.26. The maximum Gasteiger partial charge on any atom is 0.192 e. The minimum Gasteiger partial charge on any atom is -0.497 e. The molecule has 0 unspecified atom stereocenters. The number of methoxy groups -OCH3 is 1. The fourth-order valence-electron chi connectivity index (χ4n) is 1.57. The highest BCUT2D eigenvalue weighted by Crippen LogP contribution is 2.36. The third-order valence-electron chi connectivity index (χ3n) is 4.04. The fourth-order valence-corrected chi connectivity index (χ4v) is 2.62. The van der Waals surface area contributed by atoms with Gasteiger partial charge in [0.1, 0.15) is 5.75 Å². The first-order chi connectivity index (χ1) is 9.26. The standard InChI is InChI=1S/C16H29NO2Si/c1-16(2,3)20(5,6)19-12-11-17-13-14-7-9-15(18-4)10-8-14/h7-10,17H,11-13H2,1-6H3. The Morgan fingerprint density at radius 1 is 1.10 bits per heavy atom. The molecule has 0 saturated carbocycles. The smallest absolute Gasteiger partial charge is 0.192 e. The molecule has 0 amide bonds. The molecule has 0 atom stereocenters. The molecule has 1 aromatic carbocycles. The summed E-state index contributed by atoms with van der Waals surface area (Å²) in [4.78, 5) is 0. The van der Waals surface area contributed by atoms with Crippen molar-refractivity contribution in [1.82, 2.24) is 5.32 Å². The third kappa shape index (κ3) is 5.27. The van der Waals surface area contributed by atoms with Gasteiger partial charge in [-0.2, -0.15) is 0 Å². The Morgan fingerprint density at radius 2 is 1.70 bits per heavy atom. The summed E-state index contributed by atoms with van der Waals surface area (Å²) < 4.78 is 11.3. The summed E-state index contributed by atoms with van der Waals surface area (Å²) >= 11 is 0. The van der Waals surface area contributed by atoms with Crippen LogP contribution in [0.4, 0.5) is 0 Å². The highest BCUT2D eigenvalue weighted by Gasteiger charge is 2.36. The van der Waals surface area contributed by atoms with Crippen LogP contribution in [-0.2, 0) is 11.0 Å². The molecule has 1 N–H and O–H groups in total. The second-order valence-corrected chi connectivity index (χ2v) is 11.4. The average molecular weight is 295 g/mol. The van der Waals surface area contributed by atoms with Crippen molar-refractivity contribution < 1.29 is 9.16 Å². The number of benzene rings is 1. The van der Waals surface area contributed by atoms with Gasteiger partial charge < -0.3 is 14.5 Å². The molecule has 1 aromatic rings. The molecule has 0 radical (unpaired) electrons. The van der Waals surface area contributed by atoms with Gasteiger partial charge in [-0.3, -0.25) is 0 Å². The van der Waals surface area contributed by atoms with Crippen LogP contribution in [0.3, 0.4) is 0 Å². The van der Waals surface area contributed by atoms with Crippen LogP contribution in [0.15, 0.2) is 24.3 Å². The van der Waals surface area contributed by atoms with E-state index >= 15 is 0 Å². The molecule has 20 heavy (non-hydrogen) atoms. The van der Waals surface area contributed by atoms with E-state index in [4.69, 9.17) is 9.16 Å². The molecule has 0 aliphatic rings. The monoisotopic (exact) mass is 295 g/mol. The number of nitrogens with one attached hydrogen (secondary N) is 1. The average Bonchev–Trinajstić information content (AvgIpc) is 2.37. The van der Waals surface area contributed by atoms with Crippen molar-refractivity contribution in [3.05, 3.63) is 29.8 Å². The Bertz CT molecular complexity index is 396. The van der Waals surface area contributed by atoms with Crippen molar-refractivity contribution >= 4 is 8.32 Å². The van der Waals surface area contributed by atoms with Crippen molar-refractivity contribution in [2.45, 2.75) is 45.4 Å². The van der Waals surface area contributed by atoms with E-state index in [1.54, 1.807) is 7.11 Å². The van der Waals surface area contributed by atoms with Gasteiger partial charge in [0.05, 0.1) is 7.11 Å². The fraction of sp³-hybridized carbons (Fsp3) is 0.625. The molecule has 0 aromatic heterocycles. The number of ether oxygens (including phenoxy) is 1. The molecule has 3 nitrogen and oxygen atoms in total. The van der Waals surface area contributed by atoms with Gasteiger partial charge in [-0.25, -0.2) is 0 Å². The summed E-state index contributed by atoms with van der Waals surface area (Å²) in [6.45, 7) is 13.9. The first-order valence-electron chi connectivity index (χ1n) is 7.24. The summed E-state index contributed by atoms with van der Waals surface area (Å²) in [7, 11) is 0.0829. The minimum atomic E-state index is -1.60.